The molecule has 1 atom stereocenters. The fourth-order valence-corrected chi connectivity index (χ4v) is 3.35. The van der Waals surface area contributed by atoms with Gasteiger partial charge in [0.2, 0.25) is 0 Å². The van der Waals surface area contributed by atoms with E-state index in [-0.39, 0.29) is 6.10 Å². The van der Waals surface area contributed by atoms with E-state index < -0.39 is 0 Å². The normalized spacial score (nSPS) is 16.0. The zero-order chi connectivity index (χ0) is 17.3. The van der Waals surface area contributed by atoms with Gasteiger partial charge in [0.05, 0.1) is 7.11 Å². The first-order valence-corrected chi connectivity index (χ1v) is 8.61. The molecule has 0 spiro atoms. The molecule has 3 heteroatoms. The van der Waals surface area contributed by atoms with Gasteiger partial charge in [-0.05, 0) is 62.1 Å². The van der Waals surface area contributed by atoms with Crippen molar-refractivity contribution >= 4 is 0 Å². The highest BCUT2D eigenvalue weighted by atomic mass is 16.5. The average molecular weight is 325 g/mol. The Bertz CT molecular complexity index is 752. The molecular formula is C21H27NO2. The third kappa shape index (κ3) is 3.41. The molecular weight excluding hydrogens is 298 g/mol. The fraction of sp³-hybridized carbons (Fsp3) is 0.429. The maximum atomic E-state index is 5.88. The van der Waals surface area contributed by atoms with Crippen LogP contribution in [-0.2, 0) is 19.5 Å². The summed E-state index contributed by atoms with van der Waals surface area (Å²) in [5, 5.41) is 3.55. The highest BCUT2D eigenvalue weighted by Gasteiger charge is 2.21. The lowest BCUT2D eigenvalue weighted by Crippen LogP contribution is -2.14. The van der Waals surface area contributed by atoms with Gasteiger partial charge in [0, 0.05) is 30.6 Å². The molecule has 0 aromatic heterocycles. The first-order chi connectivity index (χ1) is 11.5. The third-order valence-electron chi connectivity index (χ3n) is 4.88. The van der Waals surface area contributed by atoms with E-state index in [9.17, 15) is 0 Å². The van der Waals surface area contributed by atoms with Crippen LogP contribution in [0.5, 0.6) is 11.5 Å². The van der Waals surface area contributed by atoms with Crippen LogP contribution in [0.1, 0.15) is 40.3 Å². The van der Waals surface area contributed by atoms with Gasteiger partial charge in [-0.2, -0.15) is 0 Å². The number of rotatable bonds is 5. The zero-order valence-electron chi connectivity index (χ0n) is 15.3. The number of hydrogen-bond acceptors (Lipinski definition) is 3. The average Bonchev–Trinajstić information content (AvgIpc) is 2.90. The van der Waals surface area contributed by atoms with Crippen molar-refractivity contribution in [2.24, 2.45) is 0 Å². The summed E-state index contributed by atoms with van der Waals surface area (Å²) < 4.78 is 11.4. The summed E-state index contributed by atoms with van der Waals surface area (Å²) in [7, 11) is 1.73. The molecule has 0 fully saturated rings. The molecule has 1 aliphatic heterocycles. The molecule has 24 heavy (non-hydrogen) atoms. The van der Waals surface area contributed by atoms with E-state index in [2.05, 4.69) is 57.3 Å². The van der Waals surface area contributed by atoms with Gasteiger partial charge in [0.25, 0.3) is 0 Å². The maximum Gasteiger partial charge on any atom is 0.123 e. The van der Waals surface area contributed by atoms with Crippen LogP contribution in [0, 0.1) is 20.8 Å². The summed E-state index contributed by atoms with van der Waals surface area (Å²) >= 11 is 0. The molecule has 1 N–H and O–H groups in total. The zero-order valence-corrected chi connectivity index (χ0v) is 15.3. The molecule has 1 heterocycles. The lowest BCUT2D eigenvalue weighted by atomic mass is 10.0. The van der Waals surface area contributed by atoms with Crippen LogP contribution in [0.25, 0.3) is 0 Å². The van der Waals surface area contributed by atoms with Crippen molar-refractivity contribution in [3.05, 3.63) is 57.6 Å². The Balaban J connectivity index is 1.71. The van der Waals surface area contributed by atoms with E-state index in [0.29, 0.717) is 0 Å². The van der Waals surface area contributed by atoms with Crippen LogP contribution in [0.2, 0.25) is 0 Å². The molecule has 128 valence electrons. The van der Waals surface area contributed by atoms with E-state index in [0.717, 1.165) is 36.6 Å². The summed E-state index contributed by atoms with van der Waals surface area (Å²) in [4.78, 5) is 0. The second kappa shape index (κ2) is 6.86. The van der Waals surface area contributed by atoms with Crippen LogP contribution in [0.15, 0.2) is 24.3 Å². The fourth-order valence-electron chi connectivity index (χ4n) is 3.35. The largest absolute Gasteiger partial charge is 0.496 e. The Kier molecular flexibility index (Phi) is 4.81. The first-order valence-electron chi connectivity index (χ1n) is 8.61. The van der Waals surface area contributed by atoms with Crippen molar-refractivity contribution in [1.82, 2.24) is 5.32 Å². The van der Waals surface area contributed by atoms with Crippen molar-refractivity contribution in [1.29, 1.82) is 0 Å². The molecule has 0 bridgehead atoms. The second-order valence-corrected chi connectivity index (χ2v) is 6.87. The van der Waals surface area contributed by atoms with Gasteiger partial charge in [-0.1, -0.05) is 12.1 Å². The smallest absolute Gasteiger partial charge is 0.123 e. The van der Waals surface area contributed by atoms with Gasteiger partial charge in [-0.25, -0.2) is 0 Å². The summed E-state index contributed by atoms with van der Waals surface area (Å²) in [6.45, 7) is 10.2. The molecule has 3 nitrogen and oxygen atoms in total. The van der Waals surface area contributed by atoms with Gasteiger partial charge < -0.3 is 14.8 Å². The minimum absolute atomic E-state index is 0.256. The Labute approximate surface area is 145 Å². The lowest BCUT2D eigenvalue weighted by molar-refractivity contribution is 0.254. The number of nitrogens with one attached hydrogen (secondary N) is 1. The van der Waals surface area contributed by atoms with E-state index in [1.54, 1.807) is 7.11 Å². The third-order valence-corrected chi connectivity index (χ3v) is 4.88. The van der Waals surface area contributed by atoms with E-state index in [1.165, 1.54) is 27.8 Å². The molecule has 1 unspecified atom stereocenters. The van der Waals surface area contributed by atoms with E-state index >= 15 is 0 Å². The highest BCUT2D eigenvalue weighted by molar-refractivity contribution is 5.48. The van der Waals surface area contributed by atoms with Crippen molar-refractivity contribution < 1.29 is 9.47 Å². The Morgan fingerprint density at radius 2 is 1.71 bits per heavy atom. The number of benzene rings is 2. The topological polar surface area (TPSA) is 30.5 Å². The van der Waals surface area contributed by atoms with Crippen LogP contribution in [-0.4, -0.2) is 13.2 Å². The molecule has 0 aliphatic carbocycles. The van der Waals surface area contributed by atoms with Crippen LogP contribution in [0.3, 0.4) is 0 Å². The lowest BCUT2D eigenvalue weighted by Gasteiger charge is -2.14. The van der Waals surface area contributed by atoms with Gasteiger partial charge in [0.15, 0.2) is 0 Å². The summed E-state index contributed by atoms with van der Waals surface area (Å²) in [5.74, 6) is 1.94. The summed E-state index contributed by atoms with van der Waals surface area (Å²) in [5.41, 5.74) is 7.77. The van der Waals surface area contributed by atoms with Crippen molar-refractivity contribution in [3.63, 3.8) is 0 Å². The number of fused-ring (bicyclic) bond motifs is 1. The Morgan fingerprint density at radius 1 is 1.00 bits per heavy atom. The van der Waals surface area contributed by atoms with Crippen molar-refractivity contribution in [2.45, 2.75) is 53.3 Å². The molecule has 2 aromatic rings. The summed E-state index contributed by atoms with van der Waals surface area (Å²) in [6.07, 6.45) is 1.22. The minimum Gasteiger partial charge on any atom is -0.496 e. The molecule has 0 radical (unpaired) electrons. The number of hydrogen-bond donors (Lipinski definition) is 1. The first kappa shape index (κ1) is 16.8. The monoisotopic (exact) mass is 325 g/mol. The second-order valence-electron chi connectivity index (χ2n) is 6.87. The van der Waals surface area contributed by atoms with Crippen LogP contribution in [0.4, 0.5) is 0 Å². The molecule has 0 saturated heterocycles. The maximum absolute atomic E-state index is 5.88. The molecule has 2 aromatic carbocycles. The van der Waals surface area contributed by atoms with Gasteiger partial charge in [-0.3, -0.25) is 0 Å². The Hall–Kier alpha value is -2.00. The highest BCUT2D eigenvalue weighted by Crippen LogP contribution is 2.35. The number of ether oxygens (including phenoxy) is 2. The van der Waals surface area contributed by atoms with E-state index in [1.807, 2.05) is 0 Å². The molecule has 1 aliphatic rings. The molecule has 0 saturated carbocycles. The predicted octanol–water partition coefficient (Wildman–Crippen LogP) is 4.23. The van der Waals surface area contributed by atoms with E-state index in [4.69, 9.17) is 9.47 Å². The molecule has 3 rings (SSSR count). The number of methoxy groups -OCH3 is 1. The van der Waals surface area contributed by atoms with Gasteiger partial charge >= 0.3 is 0 Å². The van der Waals surface area contributed by atoms with Gasteiger partial charge in [-0.15, -0.1) is 0 Å². The quantitative estimate of drug-likeness (QED) is 0.892. The van der Waals surface area contributed by atoms with Crippen LogP contribution < -0.4 is 14.8 Å². The standard InChI is InChI=1S/C21H27NO2/c1-13-6-15(3)18(7-14(13)2)11-22-12-19-10-21-17(8-16(4)24-21)9-20(19)23-5/h6-7,9-10,16,22H,8,11-12H2,1-5H3. The summed E-state index contributed by atoms with van der Waals surface area (Å²) in [6, 6.07) is 8.79. The number of aryl methyl sites for hydroxylation is 3. The van der Waals surface area contributed by atoms with Crippen molar-refractivity contribution in [3.8, 4) is 11.5 Å². The van der Waals surface area contributed by atoms with Gasteiger partial charge in [0.1, 0.15) is 17.6 Å². The SMILES string of the molecule is COc1cc2c(cc1CNCc1cc(C)c(C)cc1C)OC(C)C2. The minimum atomic E-state index is 0.256. The van der Waals surface area contributed by atoms with Crippen molar-refractivity contribution in [2.75, 3.05) is 7.11 Å². The van der Waals surface area contributed by atoms with Crippen LogP contribution >= 0.6 is 0 Å². The predicted molar refractivity (Wildman–Crippen MR) is 98.0 cm³/mol. The Morgan fingerprint density at radius 3 is 2.46 bits per heavy atom. The molecule has 0 amide bonds.